The van der Waals surface area contributed by atoms with Crippen LogP contribution in [0.2, 0.25) is 0 Å². The molecule has 0 unspecified atom stereocenters. The van der Waals surface area contributed by atoms with E-state index in [0.717, 1.165) is 13.0 Å². The number of hydrogen-bond donors (Lipinski definition) is 2. The van der Waals surface area contributed by atoms with E-state index in [4.69, 9.17) is 10.5 Å². The number of rotatable bonds is 16. The number of carbonyl (C=O) groups is 1. The molecule has 0 radical (unpaired) electrons. The summed E-state index contributed by atoms with van der Waals surface area (Å²) in [7, 11) is 0. The van der Waals surface area contributed by atoms with Crippen molar-refractivity contribution in [1.82, 2.24) is 5.32 Å². The number of carbonyl (C=O) groups excluding carboxylic acids is 1. The van der Waals surface area contributed by atoms with Crippen molar-refractivity contribution in [2.45, 2.75) is 77.6 Å². The van der Waals surface area contributed by atoms with Crippen LogP contribution in [0.5, 0.6) is 0 Å². The molecule has 0 spiro atoms. The Bertz CT molecular complexity index is 223. The Morgan fingerprint density at radius 2 is 1.48 bits per heavy atom. The minimum Gasteiger partial charge on any atom is -0.466 e. The Hall–Kier alpha value is -0.610. The van der Waals surface area contributed by atoms with E-state index >= 15 is 0 Å². The zero-order chi connectivity index (χ0) is 15.6. The lowest BCUT2D eigenvalue weighted by Gasteiger charge is -2.06. The summed E-state index contributed by atoms with van der Waals surface area (Å²) in [5, 5.41) is 3.08. The van der Waals surface area contributed by atoms with Gasteiger partial charge in [-0.2, -0.15) is 0 Å². The number of esters is 1. The van der Waals surface area contributed by atoms with Crippen molar-refractivity contribution in [3.63, 3.8) is 0 Å². The SMILES string of the molecule is CCCCCCCCCCCCOC(=O)CCNCCN. The number of hydrogen-bond acceptors (Lipinski definition) is 4. The highest BCUT2D eigenvalue weighted by atomic mass is 16.5. The molecule has 0 aliphatic heterocycles. The van der Waals surface area contributed by atoms with Crippen molar-refractivity contribution in [1.29, 1.82) is 0 Å². The molecule has 4 heteroatoms. The summed E-state index contributed by atoms with van der Waals surface area (Å²) in [5.74, 6) is -0.101. The molecule has 0 saturated heterocycles. The zero-order valence-corrected chi connectivity index (χ0v) is 14.0. The first kappa shape index (κ1) is 20.4. The first-order chi connectivity index (χ1) is 10.3. The van der Waals surface area contributed by atoms with Crippen molar-refractivity contribution in [3.05, 3.63) is 0 Å². The van der Waals surface area contributed by atoms with Crippen LogP contribution >= 0.6 is 0 Å². The molecule has 0 aromatic heterocycles. The Labute approximate surface area is 131 Å². The van der Waals surface area contributed by atoms with E-state index in [-0.39, 0.29) is 5.97 Å². The van der Waals surface area contributed by atoms with Crippen LogP contribution in [0.1, 0.15) is 77.6 Å². The molecule has 0 aliphatic rings. The Balaban J connectivity index is 3.09. The van der Waals surface area contributed by atoms with Crippen LogP contribution in [0.4, 0.5) is 0 Å². The van der Waals surface area contributed by atoms with Crippen molar-refractivity contribution < 1.29 is 9.53 Å². The summed E-state index contributed by atoms with van der Waals surface area (Å²) < 4.78 is 5.18. The van der Waals surface area contributed by atoms with Gasteiger partial charge in [-0.05, 0) is 6.42 Å². The van der Waals surface area contributed by atoms with Crippen LogP contribution < -0.4 is 11.1 Å². The third-order valence-corrected chi connectivity index (χ3v) is 3.59. The molecule has 0 saturated carbocycles. The van der Waals surface area contributed by atoms with Crippen LogP contribution in [0.15, 0.2) is 0 Å². The Kier molecular flexibility index (Phi) is 16.9. The van der Waals surface area contributed by atoms with Crippen molar-refractivity contribution in [3.8, 4) is 0 Å². The molecule has 0 aliphatic carbocycles. The molecule has 0 atom stereocenters. The fourth-order valence-corrected chi connectivity index (χ4v) is 2.27. The quantitative estimate of drug-likeness (QED) is 0.339. The van der Waals surface area contributed by atoms with Gasteiger partial charge in [-0.25, -0.2) is 0 Å². The average Bonchev–Trinajstić information content (AvgIpc) is 2.49. The summed E-state index contributed by atoms with van der Waals surface area (Å²) in [6, 6.07) is 0. The molecule has 126 valence electrons. The maximum atomic E-state index is 11.4. The van der Waals surface area contributed by atoms with Gasteiger partial charge in [0.1, 0.15) is 0 Å². The molecule has 0 heterocycles. The maximum absolute atomic E-state index is 11.4. The standard InChI is InChI=1S/C17H36N2O2/c1-2-3-4-5-6-7-8-9-10-11-16-21-17(20)12-14-19-15-13-18/h19H,2-16,18H2,1H3. The number of nitrogens with one attached hydrogen (secondary N) is 1. The minimum absolute atomic E-state index is 0.101. The van der Waals surface area contributed by atoms with Gasteiger partial charge in [-0.15, -0.1) is 0 Å². The molecule has 3 N–H and O–H groups in total. The summed E-state index contributed by atoms with van der Waals surface area (Å²) >= 11 is 0. The van der Waals surface area contributed by atoms with E-state index in [1.165, 1.54) is 57.8 Å². The van der Waals surface area contributed by atoms with Gasteiger partial charge in [0.2, 0.25) is 0 Å². The zero-order valence-electron chi connectivity index (χ0n) is 14.0. The van der Waals surface area contributed by atoms with Gasteiger partial charge in [-0.3, -0.25) is 4.79 Å². The minimum atomic E-state index is -0.101. The van der Waals surface area contributed by atoms with Gasteiger partial charge < -0.3 is 15.8 Å². The lowest BCUT2D eigenvalue weighted by atomic mass is 10.1. The van der Waals surface area contributed by atoms with Gasteiger partial charge in [0.25, 0.3) is 0 Å². The normalized spacial score (nSPS) is 10.8. The third kappa shape index (κ3) is 17.3. The summed E-state index contributed by atoms with van der Waals surface area (Å²) in [6.07, 6.45) is 13.4. The highest BCUT2D eigenvalue weighted by molar-refractivity contribution is 5.69. The topological polar surface area (TPSA) is 64.3 Å². The van der Waals surface area contributed by atoms with Crippen LogP contribution in [0.25, 0.3) is 0 Å². The van der Waals surface area contributed by atoms with Gasteiger partial charge in [0.05, 0.1) is 13.0 Å². The highest BCUT2D eigenvalue weighted by Gasteiger charge is 2.01. The summed E-state index contributed by atoms with van der Waals surface area (Å²) in [4.78, 5) is 11.4. The number of nitrogens with two attached hydrogens (primary N) is 1. The molecule has 0 rings (SSSR count). The number of unbranched alkanes of at least 4 members (excludes halogenated alkanes) is 9. The molecule has 4 nitrogen and oxygen atoms in total. The van der Waals surface area contributed by atoms with E-state index in [2.05, 4.69) is 12.2 Å². The maximum Gasteiger partial charge on any atom is 0.307 e. The monoisotopic (exact) mass is 300 g/mol. The number of ether oxygens (including phenoxy) is 1. The first-order valence-electron chi connectivity index (χ1n) is 8.87. The second-order valence-corrected chi connectivity index (χ2v) is 5.69. The van der Waals surface area contributed by atoms with Crippen LogP contribution in [0, 0.1) is 0 Å². The predicted molar refractivity (Wildman–Crippen MR) is 89.3 cm³/mol. The van der Waals surface area contributed by atoms with Crippen LogP contribution in [-0.2, 0) is 9.53 Å². The van der Waals surface area contributed by atoms with E-state index < -0.39 is 0 Å². The third-order valence-electron chi connectivity index (χ3n) is 3.59. The van der Waals surface area contributed by atoms with Gasteiger partial charge >= 0.3 is 5.97 Å². The summed E-state index contributed by atoms with van der Waals surface area (Å²) in [6.45, 7) is 4.85. The smallest absolute Gasteiger partial charge is 0.307 e. The predicted octanol–water partition coefficient (Wildman–Crippen LogP) is 3.39. The molecule has 21 heavy (non-hydrogen) atoms. The van der Waals surface area contributed by atoms with Crippen LogP contribution in [-0.4, -0.2) is 32.2 Å². The van der Waals surface area contributed by atoms with E-state index in [1.54, 1.807) is 0 Å². The highest BCUT2D eigenvalue weighted by Crippen LogP contribution is 2.10. The van der Waals surface area contributed by atoms with Gasteiger partial charge in [0, 0.05) is 19.6 Å². The molecule has 0 fully saturated rings. The molecule has 0 aromatic rings. The van der Waals surface area contributed by atoms with Crippen LogP contribution in [0.3, 0.4) is 0 Å². The average molecular weight is 300 g/mol. The second-order valence-electron chi connectivity index (χ2n) is 5.69. The van der Waals surface area contributed by atoms with Crippen molar-refractivity contribution in [2.24, 2.45) is 5.73 Å². The fourth-order valence-electron chi connectivity index (χ4n) is 2.27. The van der Waals surface area contributed by atoms with Crippen molar-refractivity contribution >= 4 is 5.97 Å². The molecule has 0 bridgehead atoms. The van der Waals surface area contributed by atoms with Gasteiger partial charge in [0.15, 0.2) is 0 Å². The van der Waals surface area contributed by atoms with E-state index in [9.17, 15) is 4.79 Å². The Morgan fingerprint density at radius 3 is 2.05 bits per heavy atom. The summed E-state index contributed by atoms with van der Waals surface area (Å²) in [5.41, 5.74) is 5.35. The molecule has 0 amide bonds. The lowest BCUT2D eigenvalue weighted by Crippen LogP contribution is -2.25. The van der Waals surface area contributed by atoms with E-state index in [1.807, 2.05) is 0 Å². The Morgan fingerprint density at radius 1 is 0.905 bits per heavy atom. The van der Waals surface area contributed by atoms with E-state index in [0.29, 0.717) is 26.1 Å². The lowest BCUT2D eigenvalue weighted by molar-refractivity contribution is -0.143. The second kappa shape index (κ2) is 17.4. The first-order valence-corrected chi connectivity index (χ1v) is 8.87. The van der Waals surface area contributed by atoms with Crippen molar-refractivity contribution in [2.75, 3.05) is 26.2 Å². The molecular formula is C17H36N2O2. The molecular weight excluding hydrogens is 264 g/mol. The largest absolute Gasteiger partial charge is 0.466 e. The molecule has 0 aromatic carbocycles. The van der Waals surface area contributed by atoms with Gasteiger partial charge in [-0.1, -0.05) is 64.7 Å². The fraction of sp³-hybridized carbons (Fsp3) is 0.941.